The summed E-state index contributed by atoms with van der Waals surface area (Å²) < 4.78 is 38.1. The van der Waals surface area contributed by atoms with E-state index in [9.17, 15) is 17.6 Å². The van der Waals surface area contributed by atoms with Gasteiger partial charge in [0, 0.05) is 13.1 Å². The molecule has 4 nitrogen and oxygen atoms in total. The van der Waals surface area contributed by atoms with Crippen molar-refractivity contribution in [3.8, 4) is 0 Å². The molecule has 0 bridgehead atoms. The Hall–Kier alpha value is -1.27. The Kier molecular flexibility index (Phi) is 4.55. The first-order valence-electron chi connectivity index (χ1n) is 6.61. The Balaban J connectivity index is 1.99. The second-order valence-electron chi connectivity index (χ2n) is 5.18. The van der Waals surface area contributed by atoms with Crippen LogP contribution in [-0.4, -0.2) is 37.3 Å². The summed E-state index contributed by atoms with van der Waals surface area (Å²) >= 11 is 0. The van der Waals surface area contributed by atoms with Gasteiger partial charge < -0.3 is 0 Å². The van der Waals surface area contributed by atoms with Gasteiger partial charge in [0.1, 0.15) is 17.4 Å². The minimum Gasteiger partial charge on any atom is -0.299 e. The number of Topliss-reactive ketones (excluding diaryl/α,β-unsaturated/α-hetero) is 1. The zero-order chi connectivity index (χ0) is 14.8. The van der Waals surface area contributed by atoms with Crippen molar-refractivity contribution in [1.82, 2.24) is 4.31 Å². The maximum absolute atomic E-state index is 12.9. The van der Waals surface area contributed by atoms with Gasteiger partial charge in [-0.25, -0.2) is 17.1 Å². The Bertz CT molecular complexity index is 575. The molecule has 1 aliphatic heterocycles. The van der Waals surface area contributed by atoms with E-state index in [0.717, 1.165) is 5.56 Å². The van der Waals surface area contributed by atoms with Crippen LogP contribution >= 0.6 is 0 Å². The Morgan fingerprint density at radius 1 is 1.25 bits per heavy atom. The molecule has 0 saturated carbocycles. The number of rotatable bonds is 4. The molecule has 0 amide bonds. The number of carbonyl (C=O) groups is 1. The molecule has 0 atom stereocenters. The zero-order valence-corrected chi connectivity index (χ0v) is 12.2. The lowest BCUT2D eigenvalue weighted by Gasteiger charge is -2.31. The van der Waals surface area contributed by atoms with E-state index in [1.54, 1.807) is 12.1 Å². The molecule has 1 fully saturated rings. The van der Waals surface area contributed by atoms with Gasteiger partial charge in [0.15, 0.2) is 0 Å². The first-order chi connectivity index (χ1) is 9.38. The second-order valence-corrected chi connectivity index (χ2v) is 7.15. The summed E-state index contributed by atoms with van der Waals surface area (Å²) in [6.07, 6.45) is 1.39. The van der Waals surface area contributed by atoms with Gasteiger partial charge in [0.2, 0.25) is 10.0 Å². The number of hydrogen-bond acceptors (Lipinski definition) is 3. The molecule has 0 spiro atoms. The molecule has 1 aliphatic rings. The van der Waals surface area contributed by atoms with Crippen molar-refractivity contribution in [3.63, 3.8) is 0 Å². The minimum atomic E-state index is -3.47. The first kappa shape index (κ1) is 15.1. The van der Waals surface area contributed by atoms with E-state index in [4.69, 9.17) is 0 Å². The number of hydrogen-bond donors (Lipinski definition) is 0. The minimum absolute atomic E-state index is 0.249. The van der Waals surface area contributed by atoms with Crippen LogP contribution in [0.5, 0.6) is 0 Å². The maximum Gasteiger partial charge on any atom is 0.221 e. The zero-order valence-electron chi connectivity index (χ0n) is 11.4. The molecule has 1 heterocycles. The third-order valence-corrected chi connectivity index (χ3v) is 5.50. The molecular formula is C14H18FNO3S. The molecule has 2 rings (SSSR count). The van der Waals surface area contributed by atoms with Crippen molar-refractivity contribution >= 4 is 15.8 Å². The van der Waals surface area contributed by atoms with Crippen LogP contribution in [0.25, 0.3) is 0 Å². The van der Waals surface area contributed by atoms with Crippen LogP contribution < -0.4 is 0 Å². The van der Waals surface area contributed by atoms with Crippen molar-refractivity contribution in [1.29, 1.82) is 0 Å². The number of halogens is 1. The van der Waals surface area contributed by atoms with Gasteiger partial charge in [-0.15, -0.1) is 0 Å². The molecule has 0 aliphatic carbocycles. The van der Waals surface area contributed by atoms with Gasteiger partial charge in [-0.05, 0) is 43.4 Å². The molecule has 20 heavy (non-hydrogen) atoms. The lowest BCUT2D eigenvalue weighted by molar-refractivity contribution is -0.114. The molecule has 0 N–H and O–H groups in total. The van der Waals surface area contributed by atoms with Gasteiger partial charge in [0.05, 0.1) is 0 Å². The fourth-order valence-electron chi connectivity index (χ4n) is 2.55. The van der Waals surface area contributed by atoms with E-state index in [0.29, 0.717) is 25.9 Å². The summed E-state index contributed by atoms with van der Waals surface area (Å²) in [5, 5.41) is 0. The molecule has 6 heteroatoms. The van der Waals surface area contributed by atoms with Crippen molar-refractivity contribution in [3.05, 3.63) is 35.6 Å². The highest BCUT2D eigenvalue weighted by Crippen LogP contribution is 2.29. The van der Waals surface area contributed by atoms with Gasteiger partial charge >= 0.3 is 0 Å². The number of piperidine rings is 1. The molecule has 1 aromatic rings. The Labute approximate surface area is 118 Å². The molecule has 1 aromatic carbocycles. The van der Waals surface area contributed by atoms with Gasteiger partial charge in [-0.2, -0.15) is 0 Å². The van der Waals surface area contributed by atoms with E-state index in [-0.39, 0.29) is 17.5 Å². The number of benzene rings is 1. The molecule has 110 valence electrons. The van der Waals surface area contributed by atoms with Crippen molar-refractivity contribution < 1.29 is 17.6 Å². The Morgan fingerprint density at radius 3 is 2.30 bits per heavy atom. The highest BCUT2D eigenvalue weighted by atomic mass is 32.2. The van der Waals surface area contributed by atoms with Crippen LogP contribution in [0, 0.1) is 5.82 Å². The SMILES string of the molecule is CC(=O)CS(=O)(=O)N1CCC(c2ccc(F)cc2)CC1. The fourth-order valence-corrected chi connectivity index (χ4v) is 4.01. The summed E-state index contributed by atoms with van der Waals surface area (Å²) in [5.41, 5.74) is 1.04. The van der Waals surface area contributed by atoms with Crippen LogP contribution in [0.1, 0.15) is 31.2 Å². The standard InChI is InChI=1S/C14H18FNO3S/c1-11(17)10-20(18,19)16-8-6-13(7-9-16)12-2-4-14(15)5-3-12/h2-5,13H,6-10H2,1H3. The van der Waals surface area contributed by atoms with Crippen molar-refractivity contribution in [2.45, 2.75) is 25.7 Å². The third kappa shape index (κ3) is 3.64. The van der Waals surface area contributed by atoms with Crippen LogP contribution in [0.2, 0.25) is 0 Å². The number of nitrogens with zero attached hydrogens (tertiary/aromatic N) is 1. The summed E-state index contributed by atoms with van der Waals surface area (Å²) in [7, 11) is -3.47. The summed E-state index contributed by atoms with van der Waals surface area (Å²) in [4.78, 5) is 11.0. The molecule has 0 radical (unpaired) electrons. The quantitative estimate of drug-likeness (QED) is 0.853. The molecular weight excluding hydrogens is 281 g/mol. The number of ketones is 1. The van der Waals surface area contributed by atoms with Crippen LogP contribution in [-0.2, 0) is 14.8 Å². The average Bonchev–Trinajstić information content (AvgIpc) is 2.38. The third-order valence-electron chi connectivity index (χ3n) is 3.57. The second kappa shape index (κ2) is 6.01. The summed E-state index contributed by atoms with van der Waals surface area (Å²) in [6.45, 7) is 2.11. The number of carbonyl (C=O) groups excluding carboxylic acids is 1. The first-order valence-corrected chi connectivity index (χ1v) is 8.22. The van der Waals surface area contributed by atoms with Gasteiger partial charge in [-0.1, -0.05) is 12.1 Å². The lowest BCUT2D eigenvalue weighted by atomic mass is 9.90. The monoisotopic (exact) mass is 299 g/mol. The van der Waals surface area contributed by atoms with E-state index < -0.39 is 15.8 Å². The fraction of sp³-hybridized carbons (Fsp3) is 0.500. The normalized spacial score (nSPS) is 18.1. The topological polar surface area (TPSA) is 54.5 Å². The van der Waals surface area contributed by atoms with Crippen LogP contribution in [0.3, 0.4) is 0 Å². The smallest absolute Gasteiger partial charge is 0.221 e. The average molecular weight is 299 g/mol. The summed E-state index contributed by atoms with van der Waals surface area (Å²) in [6, 6.07) is 6.35. The van der Waals surface area contributed by atoms with Crippen LogP contribution in [0.15, 0.2) is 24.3 Å². The molecule has 1 saturated heterocycles. The van der Waals surface area contributed by atoms with Crippen LogP contribution in [0.4, 0.5) is 4.39 Å². The van der Waals surface area contributed by atoms with E-state index >= 15 is 0 Å². The van der Waals surface area contributed by atoms with Gasteiger partial charge in [0.25, 0.3) is 0 Å². The predicted octanol–water partition coefficient (Wildman–Crippen LogP) is 1.92. The van der Waals surface area contributed by atoms with E-state index in [2.05, 4.69) is 0 Å². The van der Waals surface area contributed by atoms with Crippen molar-refractivity contribution in [2.24, 2.45) is 0 Å². The van der Waals surface area contributed by atoms with Crippen molar-refractivity contribution in [2.75, 3.05) is 18.8 Å². The van der Waals surface area contributed by atoms with Gasteiger partial charge in [-0.3, -0.25) is 4.79 Å². The molecule has 0 aromatic heterocycles. The Morgan fingerprint density at radius 2 is 1.80 bits per heavy atom. The lowest BCUT2D eigenvalue weighted by Crippen LogP contribution is -2.40. The molecule has 0 unspecified atom stereocenters. The summed E-state index contributed by atoms with van der Waals surface area (Å²) in [5.74, 6) is -0.783. The number of sulfonamides is 1. The highest BCUT2D eigenvalue weighted by Gasteiger charge is 2.29. The predicted molar refractivity (Wildman–Crippen MR) is 74.4 cm³/mol. The van der Waals surface area contributed by atoms with E-state index in [1.165, 1.54) is 23.4 Å². The largest absolute Gasteiger partial charge is 0.299 e. The highest BCUT2D eigenvalue weighted by molar-refractivity contribution is 7.89. The van der Waals surface area contributed by atoms with E-state index in [1.807, 2.05) is 0 Å². The maximum atomic E-state index is 12.9.